The molecule has 0 saturated carbocycles. The predicted molar refractivity (Wildman–Crippen MR) is 161 cm³/mol. The van der Waals surface area contributed by atoms with Gasteiger partial charge in [-0.05, 0) is 58.0 Å². The molecule has 1 fully saturated rings. The lowest BCUT2D eigenvalue weighted by atomic mass is 9.47. The molecule has 4 aliphatic rings. The van der Waals surface area contributed by atoms with E-state index in [-0.39, 0.29) is 17.7 Å². The highest BCUT2D eigenvalue weighted by molar-refractivity contribution is 9.10. The van der Waals surface area contributed by atoms with Gasteiger partial charge in [0.25, 0.3) is 0 Å². The van der Waals surface area contributed by atoms with Crippen molar-refractivity contribution in [1.29, 1.82) is 0 Å². The van der Waals surface area contributed by atoms with Crippen LogP contribution in [0.25, 0.3) is 10.8 Å². The summed E-state index contributed by atoms with van der Waals surface area (Å²) < 4.78 is 0.973. The number of halogens is 1. The monoisotopic (exact) mass is 582 g/mol. The van der Waals surface area contributed by atoms with Crippen molar-refractivity contribution < 1.29 is 9.59 Å². The van der Waals surface area contributed by atoms with E-state index in [1.807, 2.05) is 97.2 Å². The molecule has 2 amide bonds. The van der Waals surface area contributed by atoms with E-state index in [1.54, 1.807) is 0 Å². The van der Waals surface area contributed by atoms with E-state index in [2.05, 4.69) is 40.2 Å². The molecule has 40 heavy (non-hydrogen) atoms. The highest BCUT2D eigenvalue weighted by atomic mass is 79.9. The number of nitrogens with zero attached hydrogens (tertiary/aromatic N) is 2. The number of carbonyl (C=O) groups excluding carboxylic acids is 2. The minimum absolute atomic E-state index is 0.137. The molecule has 9 rings (SSSR count). The van der Waals surface area contributed by atoms with Gasteiger partial charge < -0.3 is 0 Å². The highest BCUT2D eigenvalue weighted by Gasteiger charge is 2.68. The van der Waals surface area contributed by atoms with E-state index in [0.29, 0.717) is 5.69 Å². The summed E-state index contributed by atoms with van der Waals surface area (Å²) in [5.74, 6) is -1.62. The topological polar surface area (TPSA) is 49.7 Å². The number of carbonyl (C=O) groups is 2. The highest BCUT2D eigenvalue weighted by Crippen LogP contribution is 2.64. The first kappa shape index (κ1) is 23.5. The van der Waals surface area contributed by atoms with Crippen LogP contribution in [0.4, 0.5) is 11.4 Å². The maximum absolute atomic E-state index is 14.7. The fourth-order valence-electron chi connectivity index (χ4n) is 7.39. The molecule has 192 valence electrons. The first-order valence-electron chi connectivity index (χ1n) is 13.4. The number of anilines is 1. The van der Waals surface area contributed by atoms with Crippen LogP contribution >= 0.6 is 15.9 Å². The molecule has 2 atom stereocenters. The molecule has 5 aromatic carbocycles. The van der Waals surface area contributed by atoms with E-state index < -0.39 is 17.3 Å². The summed E-state index contributed by atoms with van der Waals surface area (Å²) in [7, 11) is 0. The van der Waals surface area contributed by atoms with Crippen LogP contribution in [0.3, 0.4) is 0 Å². The van der Waals surface area contributed by atoms with Crippen LogP contribution in [-0.2, 0) is 15.0 Å². The lowest BCUT2D eigenvalue weighted by molar-refractivity contribution is -0.122. The lowest BCUT2D eigenvalue weighted by Gasteiger charge is -2.52. The van der Waals surface area contributed by atoms with Gasteiger partial charge in [0.2, 0.25) is 11.8 Å². The van der Waals surface area contributed by atoms with Gasteiger partial charge in [-0.1, -0.05) is 101 Å². The van der Waals surface area contributed by atoms with Crippen LogP contribution in [0, 0.1) is 11.8 Å². The van der Waals surface area contributed by atoms with Crippen molar-refractivity contribution in [1.82, 2.24) is 0 Å². The fourth-order valence-corrected chi connectivity index (χ4v) is 7.66. The van der Waals surface area contributed by atoms with Gasteiger partial charge in [-0.25, -0.2) is 4.90 Å². The summed E-state index contributed by atoms with van der Waals surface area (Å²) in [6.45, 7) is 0. The minimum atomic E-state index is -0.883. The Morgan fingerprint density at radius 2 is 1.32 bits per heavy atom. The van der Waals surface area contributed by atoms with E-state index in [4.69, 9.17) is 4.99 Å². The molecular weight excluding hydrogens is 560 g/mol. The number of amides is 2. The van der Waals surface area contributed by atoms with Crippen LogP contribution in [0.5, 0.6) is 0 Å². The number of imide groups is 1. The van der Waals surface area contributed by atoms with Crippen molar-refractivity contribution in [2.24, 2.45) is 16.8 Å². The summed E-state index contributed by atoms with van der Waals surface area (Å²) in [5.41, 5.74) is 4.88. The second-order valence-corrected chi connectivity index (χ2v) is 11.7. The molecular formula is C35H23BrN2O2. The summed E-state index contributed by atoms with van der Waals surface area (Å²) >= 11 is 3.50. The van der Waals surface area contributed by atoms with Crippen LogP contribution < -0.4 is 4.90 Å². The van der Waals surface area contributed by atoms with Gasteiger partial charge in [0, 0.05) is 22.0 Å². The molecule has 1 aliphatic heterocycles. The normalized spacial score (nSPS) is 24.4. The predicted octanol–water partition coefficient (Wildman–Crippen LogP) is 7.56. The van der Waals surface area contributed by atoms with E-state index in [0.717, 1.165) is 43.2 Å². The van der Waals surface area contributed by atoms with E-state index in [1.165, 1.54) is 4.90 Å². The van der Waals surface area contributed by atoms with Gasteiger partial charge in [-0.2, -0.15) is 0 Å². The molecule has 1 heterocycles. The quantitative estimate of drug-likeness (QED) is 0.163. The molecule has 3 aliphatic carbocycles. The van der Waals surface area contributed by atoms with Crippen molar-refractivity contribution in [2.75, 3.05) is 4.90 Å². The van der Waals surface area contributed by atoms with Crippen LogP contribution in [0.2, 0.25) is 0 Å². The Morgan fingerprint density at radius 1 is 0.700 bits per heavy atom. The Labute approximate surface area is 240 Å². The summed E-state index contributed by atoms with van der Waals surface area (Å²) in [5, 5.41) is 1.89. The molecule has 0 radical (unpaired) electrons. The Bertz CT molecular complexity index is 1840. The molecule has 4 nitrogen and oxygen atoms in total. The number of rotatable bonds is 3. The molecule has 5 heteroatoms. The first-order valence-corrected chi connectivity index (χ1v) is 14.2. The van der Waals surface area contributed by atoms with Crippen molar-refractivity contribution in [3.8, 4) is 0 Å². The average Bonchev–Trinajstić information content (AvgIpc) is 3.27. The van der Waals surface area contributed by atoms with Crippen molar-refractivity contribution in [3.05, 3.63) is 142 Å². The largest absolute Gasteiger partial charge is 0.274 e. The fraction of sp³-hybridized carbons (Fsp3) is 0.114. The molecule has 5 aromatic rings. The third-order valence-electron chi connectivity index (χ3n) is 8.94. The minimum Gasteiger partial charge on any atom is -0.274 e. The van der Waals surface area contributed by atoms with E-state index in [9.17, 15) is 9.59 Å². The molecule has 0 aromatic heterocycles. The maximum atomic E-state index is 14.7. The molecule has 2 bridgehead atoms. The second-order valence-electron chi connectivity index (χ2n) is 10.8. The Kier molecular flexibility index (Phi) is 5.04. The van der Waals surface area contributed by atoms with E-state index >= 15 is 0 Å². The number of hydrogen-bond donors (Lipinski definition) is 0. The Hall–Kier alpha value is -4.35. The summed E-state index contributed by atoms with van der Waals surface area (Å²) in [6.07, 6.45) is 1.94. The van der Waals surface area contributed by atoms with Crippen LogP contribution in [0.15, 0.2) is 125 Å². The van der Waals surface area contributed by atoms with Gasteiger partial charge in [0.05, 0.1) is 28.6 Å². The zero-order valence-corrected chi connectivity index (χ0v) is 23.0. The number of benzene rings is 5. The Balaban J connectivity index is 1.40. The Morgan fingerprint density at radius 3 is 2.05 bits per heavy atom. The van der Waals surface area contributed by atoms with Gasteiger partial charge in [0.15, 0.2) is 0 Å². The second kappa shape index (κ2) is 8.57. The molecule has 0 unspecified atom stereocenters. The zero-order valence-electron chi connectivity index (χ0n) is 21.4. The molecule has 0 N–H and O–H groups in total. The van der Waals surface area contributed by atoms with Gasteiger partial charge >= 0.3 is 0 Å². The van der Waals surface area contributed by atoms with Gasteiger partial charge in [-0.3, -0.25) is 14.6 Å². The summed E-state index contributed by atoms with van der Waals surface area (Å²) in [6, 6.07) is 38.1. The first-order chi connectivity index (χ1) is 19.6. The number of aliphatic imine (C=N–C) groups is 1. The third-order valence-corrected chi connectivity index (χ3v) is 9.46. The smallest absolute Gasteiger partial charge is 0.239 e. The van der Waals surface area contributed by atoms with Crippen LogP contribution in [-0.4, -0.2) is 18.0 Å². The average molecular weight is 583 g/mol. The summed E-state index contributed by atoms with van der Waals surface area (Å²) in [4.78, 5) is 35.7. The third kappa shape index (κ3) is 3.04. The molecule has 0 spiro atoms. The van der Waals surface area contributed by atoms with Gasteiger partial charge in [0.1, 0.15) is 0 Å². The molecule has 1 saturated heterocycles. The number of fused-ring (bicyclic) bond motifs is 1. The standard InChI is InChI=1S/C35H23BrN2O2/c36-22-16-18-23(19-17-22)37-20-35-27-13-5-3-11-25(27)30(26-12-4-6-14-28(26)35)31-32(35)34(40)38(33(31)39)29-15-7-9-21-8-1-2-10-24(21)29/h1-20,30-32H/t30?,31-,32+,35?/m1/s1. The van der Waals surface area contributed by atoms with Crippen molar-refractivity contribution >= 4 is 56.1 Å². The van der Waals surface area contributed by atoms with Crippen molar-refractivity contribution in [3.63, 3.8) is 0 Å². The lowest BCUT2D eigenvalue weighted by Crippen LogP contribution is -2.54. The maximum Gasteiger partial charge on any atom is 0.239 e. The number of hydrogen-bond acceptors (Lipinski definition) is 3. The zero-order chi connectivity index (χ0) is 27.0. The SMILES string of the molecule is O=C1[C@@H]2C3c4ccccc4C(C=Nc4ccc(Br)cc4)(c4ccccc43)[C@@H]2C(=O)N1c1cccc2ccccc12. The van der Waals surface area contributed by atoms with Gasteiger partial charge in [-0.15, -0.1) is 0 Å². The van der Waals surface area contributed by atoms with Crippen molar-refractivity contribution in [2.45, 2.75) is 11.3 Å². The van der Waals surface area contributed by atoms with Crippen LogP contribution in [0.1, 0.15) is 28.2 Å².